The Hall–Kier alpha value is -0.440. The molecule has 2 rings (SSSR count). The first-order valence-electron chi connectivity index (χ1n) is 7.01. The molecule has 0 amide bonds. The number of aliphatic hydroxyl groups excluding tert-OH is 7. The van der Waals surface area contributed by atoms with E-state index in [-0.39, 0.29) is 0 Å². The van der Waals surface area contributed by atoms with E-state index in [4.69, 9.17) is 19.3 Å². The van der Waals surface area contributed by atoms with Crippen molar-refractivity contribution in [2.24, 2.45) is 0 Å². The first-order valence-corrected chi connectivity index (χ1v) is 7.01. The van der Waals surface area contributed by atoms with Crippen molar-refractivity contribution in [2.75, 3.05) is 26.4 Å². The van der Waals surface area contributed by atoms with Crippen molar-refractivity contribution < 1.29 is 55.1 Å². The Kier molecular flexibility index (Phi) is 5.60. The number of hydrogen-bond donors (Lipinski definition) is 8. The standard InChI is InChI=1S/C12H22O11/c13-3-11(20)9(18)8(17)6(23-11)2-22-12(4-14)10(19)7(16)5(15)1-21-12/h5-10,13-20H,1-4H2. The van der Waals surface area contributed by atoms with Crippen molar-refractivity contribution in [1.29, 1.82) is 0 Å². The van der Waals surface area contributed by atoms with Crippen LogP contribution in [0.2, 0.25) is 0 Å². The van der Waals surface area contributed by atoms with Crippen LogP contribution < -0.4 is 0 Å². The van der Waals surface area contributed by atoms with Crippen molar-refractivity contribution in [2.45, 2.75) is 48.2 Å². The van der Waals surface area contributed by atoms with Gasteiger partial charge < -0.3 is 55.1 Å². The highest BCUT2D eigenvalue weighted by Gasteiger charge is 2.55. The third kappa shape index (κ3) is 3.23. The summed E-state index contributed by atoms with van der Waals surface area (Å²) in [7, 11) is 0. The third-order valence-corrected chi connectivity index (χ3v) is 4.13. The Morgan fingerprint density at radius 1 is 0.957 bits per heavy atom. The predicted octanol–water partition coefficient (Wildman–Crippen LogP) is -5.39. The molecule has 0 aliphatic carbocycles. The molecule has 0 aromatic carbocycles. The lowest BCUT2D eigenvalue weighted by Crippen LogP contribution is -2.64. The molecule has 2 heterocycles. The zero-order valence-electron chi connectivity index (χ0n) is 12.1. The highest BCUT2D eigenvalue weighted by molar-refractivity contribution is 4.97. The largest absolute Gasteiger partial charge is 0.391 e. The summed E-state index contributed by atoms with van der Waals surface area (Å²) < 4.78 is 15.2. The van der Waals surface area contributed by atoms with E-state index in [9.17, 15) is 35.7 Å². The summed E-state index contributed by atoms with van der Waals surface area (Å²) in [5.41, 5.74) is 0. The van der Waals surface area contributed by atoms with Crippen LogP contribution in [0, 0.1) is 0 Å². The molecule has 2 aliphatic rings. The van der Waals surface area contributed by atoms with Crippen molar-refractivity contribution in [3.8, 4) is 0 Å². The Labute approximate surface area is 130 Å². The van der Waals surface area contributed by atoms with Gasteiger partial charge in [0.25, 0.3) is 0 Å². The van der Waals surface area contributed by atoms with E-state index in [0.29, 0.717) is 0 Å². The van der Waals surface area contributed by atoms with Gasteiger partial charge in [0, 0.05) is 0 Å². The first-order chi connectivity index (χ1) is 10.7. The molecule has 2 fully saturated rings. The van der Waals surface area contributed by atoms with E-state index in [1.807, 2.05) is 0 Å². The topological polar surface area (TPSA) is 190 Å². The van der Waals surface area contributed by atoms with E-state index in [0.717, 1.165) is 0 Å². The Morgan fingerprint density at radius 2 is 1.61 bits per heavy atom. The number of rotatable bonds is 5. The van der Waals surface area contributed by atoms with Crippen LogP contribution in [0.3, 0.4) is 0 Å². The molecule has 8 atom stereocenters. The molecule has 2 aliphatic heterocycles. The van der Waals surface area contributed by atoms with Crippen LogP contribution in [0.4, 0.5) is 0 Å². The fourth-order valence-electron chi connectivity index (χ4n) is 2.55. The molecule has 2 saturated heterocycles. The minimum atomic E-state index is -2.37. The lowest BCUT2D eigenvalue weighted by molar-refractivity contribution is -0.356. The van der Waals surface area contributed by atoms with E-state index in [1.54, 1.807) is 0 Å². The van der Waals surface area contributed by atoms with Crippen molar-refractivity contribution >= 4 is 0 Å². The van der Waals surface area contributed by atoms with Gasteiger partial charge in [0.2, 0.25) is 11.6 Å². The predicted molar refractivity (Wildman–Crippen MR) is 68.7 cm³/mol. The van der Waals surface area contributed by atoms with Crippen LogP contribution in [-0.4, -0.2) is 115 Å². The molecular formula is C12H22O11. The summed E-state index contributed by atoms with van der Waals surface area (Å²) in [5.74, 6) is -4.45. The highest BCUT2D eigenvalue weighted by Crippen LogP contribution is 2.32. The second kappa shape index (κ2) is 6.82. The Bertz CT molecular complexity index is 408. The van der Waals surface area contributed by atoms with Crippen LogP contribution in [-0.2, 0) is 14.2 Å². The van der Waals surface area contributed by atoms with E-state index < -0.39 is 74.6 Å². The summed E-state index contributed by atoms with van der Waals surface area (Å²) in [6.07, 6.45) is -9.51. The van der Waals surface area contributed by atoms with Gasteiger partial charge in [-0.15, -0.1) is 0 Å². The van der Waals surface area contributed by atoms with Crippen molar-refractivity contribution in [1.82, 2.24) is 0 Å². The van der Waals surface area contributed by atoms with Gasteiger partial charge in [0.05, 0.1) is 19.8 Å². The maximum atomic E-state index is 9.94. The molecule has 0 aromatic rings. The van der Waals surface area contributed by atoms with Crippen LogP contribution in [0.25, 0.3) is 0 Å². The van der Waals surface area contributed by atoms with Crippen LogP contribution >= 0.6 is 0 Å². The van der Waals surface area contributed by atoms with E-state index >= 15 is 0 Å². The molecule has 0 aromatic heterocycles. The van der Waals surface area contributed by atoms with Gasteiger partial charge in [-0.05, 0) is 0 Å². The summed E-state index contributed by atoms with van der Waals surface area (Å²) in [6.45, 7) is -2.83. The third-order valence-electron chi connectivity index (χ3n) is 4.13. The fraction of sp³-hybridized carbons (Fsp3) is 1.00. The molecule has 8 N–H and O–H groups in total. The zero-order chi connectivity index (χ0) is 17.4. The smallest absolute Gasteiger partial charge is 0.221 e. The van der Waals surface area contributed by atoms with Crippen LogP contribution in [0.15, 0.2) is 0 Å². The zero-order valence-corrected chi connectivity index (χ0v) is 12.1. The van der Waals surface area contributed by atoms with Crippen LogP contribution in [0.5, 0.6) is 0 Å². The van der Waals surface area contributed by atoms with Crippen molar-refractivity contribution in [3.63, 3.8) is 0 Å². The maximum absolute atomic E-state index is 9.94. The molecule has 0 bridgehead atoms. The molecule has 11 heteroatoms. The normalized spacial score (nSPS) is 51.1. The molecule has 0 spiro atoms. The van der Waals surface area contributed by atoms with Gasteiger partial charge in [-0.3, -0.25) is 0 Å². The molecule has 8 unspecified atom stereocenters. The van der Waals surface area contributed by atoms with Gasteiger partial charge in [-0.1, -0.05) is 0 Å². The Balaban J connectivity index is 2.04. The number of hydrogen-bond acceptors (Lipinski definition) is 11. The monoisotopic (exact) mass is 342 g/mol. The second-order valence-corrected chi connectivity index (χ2v) is 5.69. The van der Waals surface area contributed by atoms with E-state index in [1.165, 1.54) is 0 Å². The molecule has 0 saturated carbocycles. The van der Waals surface area contributed by atoms with E-state index in [2.05, 4.69) is 0 Å². The SMILES string of the molecule is OCC1(O)OC(COC2(CO)OCC(O)C(O)C2O)C(O)C1O. The number of aliphatic hydroxyl groups is 8. The molecule has 136 valence electrons. The van der Waals surface area contributed by atoms with Gasteiger partial charge in [-0.25, -0.2) is 0 Å². The number of ether oxygens (including phenoxy) is 3. The minimum absolute atomic E-state index is 0.421. The quantitative estimate of drug-likeness (QED) is 0.238. The lowest BCUT2D eigenvalue weighted by Gasteiger charge is -2.44. The summed E-state index contributed by atoms with van der Waals surface area (Å²) in [4.78, 5) is 0. The fourth-order valence-corrected chi connectivity index (χ4v) is 2.55. The molecular weight excluding hydrogens is 320 g/mol. The first kappa shape index (κ1) is 18.9. The second-order valence-electron chi connectivity index (χ2n) is 5.69. The minimum Gasteiger partial charge on any atom is -0.391 e. The average molecular weight is 342 g/mol. The summed E-state index contributed by atoms with van der Waals surface area (Å²) in [5, 5.41) is 76.6. The summed E-state index contributed by atoms with van der Waals surface area (Å²) >= 11 is 0. The van der Waals surface area contributed by atoms with Gasteiger partial charge in [-0.2, -0.15) is 0 Å². The van der Waals surface area contributed by atoms with Crippen molar-refractivity contribution in [3.05, 3.63) is 0 Å². The summed E-state index contributed by atoms with van der Waals surface area (Å²) in [6, 6.07) is 0. The molecule has 23 heavy (non-hydrogen) atoms. The van der Waals surface area contributed by atoms with Gasteiger partial charge >= 0.3 is 0 Å². The lowest BCUT2D eigenvalue weighted by atomic mass is 9.97. The molecule has 0 radical (unpaired) electrons. The maximum Gasteiger partial charge on any atom is 0.221 e. The highest BCUT2D eigenvalue weighted by atomic mass is 16.7. The Morgan fingerprint density at radius 3 is 2.13 bits per heavy atom. The van der Waals surface area contributed by atoms with Gasteiger partial charge in [0.15, 0.2) is 0 Å². The molecule has 11 nitrogen and oxygen atoms in total. The van der Waals surface area contributed by atoms with Gasteiger partial charge in [0.1, 0.15) is 43.2 Å². The van der Waals surface area contributed by atoms with Crippen LogP contribution in [0.1, 0.15) is 0 Å². The average Bonchev–Trinajstić information content (AvgIpc) is 2.77.